The van der Waals surface area contributed by atoms with E-state index in [1.165, 1.54) is 6.07 Å². The summed E-state index contributed by atoms with van der Waals surface area (Å²) in [6.45, 7) is 7.54. The second-order valence-corrected chi connectivity index (χ2v) is 4.35. The second-order valence-electron chi connectivity index (χ2n) is 4.35. The Morgan fingerprint density at radius 2 is 2.29 bits per heavy atom. The average Bonchev–Trinajstić information content (AvgIpc) is 3.06. The molecule has 1 spiro atoms. The number of anilines is 1. The van der Waals surface area contributed by atoms with Crippen LogP contribution in [0.1, 0.15) is 12.8 Å². The van der Waals surface area contributed by atoms with E-state index in [0.29, 0.717) is 18.0 Å². The minimum atomic E-state index is -0.491. The van der Waals surface area contributed by atoms with Crippen LogP contribution in [0.3, 0.4) is 0 Å². The van der Waals surface area contributed by atoms with Crippen LogP contribution in [0.5, 0.6) is 5.75 Å². The second kappa shape index (κ2) is 3.10. The first-order valence-electron chi connectivity index (χ1n) is 5.26. The topological polar surface area (TPSA) is 68.8 Å². The minimum Gasteiger partial charge on any atom is -0.484 e. The number of rotatable bonds is 1. The van der Waals surface area contributed by atoms with Gasteiger partial charge in [-0.15, -0.1) is 0 Å². The van der Waals surface area contributed by atoms with E-state index in [2.05, 4.69) is 10.2 Å². The Labute approximate surface area is 97.2 Å². The summed E-state index contributed by atoms with van der Waals surface area (Å²) in [5.41, 5.74) is 0.334. The summed E-state index contributed by atoms with van der Waals surface area (Å²) in [4.78, 5) is 13.7. The number of benzene rings is 1. The maximum atomic E-state index is 10.9. The molecule has 1 aromatic carbocycles. The summed E-state index contributed by atoms with van der Waals surface area (Å²) in [6.07, 6.45) is 1.91. The van der Waals surface area contributed by atoms with Gasteiger partial charge in [0.2, 0.25) is 0 Å². The van der Waals surface area contributed by atoms with Crippen molar-refractivity contribution < 1.29 is 9.66 Å². The largest absolute Gasteiger partial charge is 0.484 e. The maximum Gasteiger partial charge on any atom is 0.286 e. The lowest BCUT2D eigenvalue weighted by atomic mass is 10.1. The first-order valence-corrected chi connectivity index (χ1v) is 5.26. The van der Waals surface area contributed by atoms with Crippen molar-refractivity contribution in [3.8, 4) is 5.75 Å². The van der Waals surface area contributed by atoms with E-state index in [1.54, 1.807) is 6.07 Å². The van der Waals surface area contributed by atoms with Crippen LogP contribution in [0.15, 0.2) is 12.1 Å². The fraction of sp³-hybridized carbons (Fsp3) is 0.364. The van der Waals surface area contributed by atoms with Crippen LogP contribution in [-0.4, -0.2) is 17.1 Å². The molecule has 1 aliphatic carbocycles. The molecule has 17 heavy (non-hydrogen) atoms. The molecule has 0 aromatic heterocycles. The number of hydrogen-bond acceptors (Lipinski definition) is 4. The quantitative estimate of drug-likeness (QED) is 0.458. The molecule has 1 fully saturated rings. The zero-order chi connectivity index (χ0) is 12.0. The van der Waals surface area contributed by atoms with Crippen LogP contribution in [0.4, 0.5) is 17.1 Å². The molecule has 1 heterocycles. The normalized spacial score (nSPS) is 18.5. The van der Waals surface area contributed by atoms with Gasteiger partial charge in [-0.1, -0.05) is 0 Å². The molecule has 3 rings (SSSR count). The summed E-state index contributed by atoms with van der Waals surface area (Å²) in [6, 6.07) is 2.83. The summed E-state index contributed by atoms with van der Waals surface area (Å²) in [5, 5.41) is 14.0. The van der Waals surface area contributed by atoms with E-state index in [1.807, 2.05) is 0 Å². The van der Waals surface area contributed by atoms with Crippen LogP contribution < -0.4 is 10.1 Å². The van der Waals surface area contributed by atoms with Crippen molar-refractivity contribution in [3.05, 3.63) is 33.7 Å². The van der Waals surface area contributed by atoms with Crippen LogP contribution in [0, 0.1) is 16.7 Å². The van der Waals surface area contributed by atoms with Crippen molar-refractivity contribution in [3.63, 3.8) is 0 Å². The van der Waals surface area contributed by atoms with Crippen molar-refractivity contribution in [2.75, 3.05) is 11.9 Å². The summed E-state index contributed by atoms with van der Waals surface area (Å²) < 4.78 is 5.75. The molecule has 0 radical (unpaired) electrons. The molecule has 1 saturated carbocycles. The fourth-order valence-corrected chi connectivity index (χ4v) is 1.99. The number of nitro groups is 1. The highest BCUT2D eigenvalue weighted by Gasteiger charge is 2.48. The number of nitrogens with zero attached hydrogens (tertiary/aromatic N) is 2. The Morgan fingerprint density at radius 3 is 2.88 bits per heavy atom. The van der Waals surface area contributed by atoms with E-state index in [4.69, 9.17) is 11.3 Å². The lowest BCUT2D eigenvalue weighted by molar-refractivity contribution is -0.384. The fourth-order valence-electron chi connectivity index (χ4n) is 1.99. The number of nitro benzene ring substituents is 1. The third kappa shape index (κ3) is 1.47. The summed E-state index contributed by atoms with van der Waals surface area (Å²) >= 11 is 0. The van der Waals surface area contributed by atoms with Gasteiger partial charge in [0.1, 0.15) is 11.4 Å². The zero-order valence-electron chi connectivity index (χ0n) is 8.90. The van der Waals surface area contributed by atoms with Crippen LogP contribution >= 0.6 is 0 Å². The van der Waals surface area contributed by atoms with Crippen molar-refractivity contribution in [1.82, 2.24) is 0 Å². The molecule has 0 amide bonds. The standard InChI is InChI=1S/C11H9N3O3/c1-12-7-4-8(14(15)16)10-9(5-7)17-11(2-3-11)6-13-10/h4-5,13H,2-3,6H2. The predicted octanol–water partition coefficient (Wildman–Crippen LogP) is 2.48. The van der Waals surface area contributed by atoms with Crippen LogP contribution in [-0.2, 0) is 0 Å². The SMILES string of the molecule is [C-]#[N+]c1cc2c(c([N+](=O)[O-])c1)NCC1(CC1)O2. The highest BCUT2D eigenvalue weighted by Crippen LogP contribution is 2.49. The van der Waals surface area contributed by atoms with Gasteiger partial charge in [-0.3, -0.25) is 10.1 Å². The van der Waals surface area contributed by atoms with Gasteiger partial charge >= 0.3 is 0 Å². The van der Waals surface area contributed by atoms with E-state index in [-0.39, 0.29) is 17.0 Å². The molecule has 0 bridgehead atoms. The molecule has 0 saturated heterocycles. The number of hydrogen-bond donors (Lipinski definition) is 1. The van der Waals surface area contributed by atoms with Crippen LogP contribution in [0.2, 0.25) is 0 Å². The Hall–Kier alpha value is -2.29. The maximum absolute atomic E-state index is 10.9. The van der Waals surface area contributed by atoms with Gasteiger partial charge < -0.3 is 10.1 Å². The van der Waals surface area contributed by atoms with Crippen LogP contribution in [0.25, 0.3) is 4.85 Å². The monoisotopic (exact) mass is 231 g/mol. The third-order valence-electron chi connectivity index (χ3n) is 3.11. The number of nitrogens with one attached hydrogen (secondary N) is 1. The van der Waals surface area contributed by atoms with Gasteiger partial charge in [0, 0.05) is 6.07 Å². The molecule has 2 aliphatic rings. The average molecular weight is 231 g/mol. The van der Waals surface area contributed by atoms with E-state index >= 15 is 0 Å². The van der Waals surface area contributed by atoms with Gasteiger partial charge in [-0.25, -0.2) is 4.85 Å². The molecule has 86 valence electrons. The van der Waals surface area contributed by atoms with Gasteiger partial charge in [0.25, 0.3) is 5.69 Å². The molecule has 1 N–H and O–H groups in total. The Kier molecular flexibility index (Phi) is 1.81. The molecule has 1 aromatic rings. The Morgan fingerprint density at radius 1 is 1.53 bits per heavy atom. The molecule has 6 nitrogen and oxygen atoms in total. The molecule has 1 aliphatic heterocycles. The van der Waals surface area contributed by atoms with Crippen molar-refractivity contribution in [2.45, 2.75) is 18.4 Å². The van der Waals surface area contributed by atoms with Crippen molar-refractivity contribution in [2.24, 2.45) is 0 Å². The van der Waals surface area contributed by atoms with Gasteiger partial charge in [-0.2, -0.15) is 0 Å². The molecule has 6 heteroatoms. The van der Waals surface area contributed by atoms with Gasteiger partial charge in [-0.05, 0) is 18.9 Å². The highest BCUT2D eigenvalue weighted by molar-refractivity contribution is 5.77. The van der Waals surface area contributed by atoms with E-state index in [0.717, 1.165) is 12.8 Å². The first-order chi connectivity index (χ1) is 8.13. The molecule has 0 atom stereocenters. The minimum absolute atomic E-state index is 0.0935. The lowest BCUT2D eigenvalue weighted by Gasteiger charge is -2.27. The number of ether oxygens (including phenoxy) is 1. The predicted molar refractivity (Wildman–Crippen MR) is 60.4 cm³/mol. The Bertz CT molecular complexity index is 558. The summed E-state index contributed by atoms with van der Waals surface area (Å²) in [5.74, 6) is 0.425. The first kappa shape index (κ1) is 9.90. The third-order valence-corrected chi connectivity index (χ3v) is 3.11. The molecule has 0 unspecified atom stereocenters. The lowest BCUT2D eigenvalue weighted by Crippen LogP contribution is -2.32. The van der Waals surface area contributed by atoms with E-state index < -0.39 is 4.92 Å². The number of fused-ring (bicyclic) bond motifs is 1. The molecular formula is C11H9N3O3. The van der Waals surface area contributed by atoms with Crippen molar-refractivity contribution >= 4 is 17.1 Å². The Balaban J connectivity index is 2.13. The van der Waals surface area contributed by atoms with Gasteiger partial charge in [0.05, 0.1) is 18.0 Å². The zero-order valence-corrected chi connectivity index (χ0v) is 8.90. The summed E-state index contributed by atoms with van der Waals surface area (Å²) in [7, 11) is 0. The highest BCUT2D eigenvalue weighted by atomic mass is 16.6. The van der Waals surface area contributed by atoms with Gasteiger partial charge in [0.15, 0.2) is 11.4 Å². The van der Waals surface area contributed by atoms with E-state index in [9.17, 15) is 10.1 Å². The smallest absolute Gasteiger partial charge is 0.286 e. The van der Waals surface area contributed by atoms with Crippen molar-refractivity contribution in [1.29, 1.82) is 0 Å². The molecular weight excluding hydrogens is 222 g/mol.